The number of rotatable bonds is 11. The summed E-state index contributed by atoms with van der Waals surface area (Å²) in [5, 5.41) is 11.4. The lowest BCUT2D eigenvalue weighted by Gasteiger charge is -2.21. The van der Waals surface area contributed by atoms with Crippen LogP contribution >= 0.6 is 0 Å². The average Bonchev–Trinajstić information content (AvgIpc) is 1.56. The molecule has 13 nitrogen and oxygen atoms in total. The topological polar surface area (TPSA) is 148 Å². The molecule has 0 fully saturated rings. The molecule has 0 radical (unpaired) electrons. The summed E-state index contributed by atoms with van der Waals surface area (Å²) in [4.78, 5) is 59.9. The van der Waals surface area contributed by atoms with Crippen molar-refractivity contribution in [3.05, 3.63) is 457 Å². The molecule has 6 heterocycles. The SMILES string of the molecule is CC1(C)c2ccccc2-c2cc3c4ccc(C(=O)c5ccccc5)cc4n(-c4nc(-c5ccccc5)nc(-c5ccccc5)n4)c3cc21.CC1(C)c2ccccc2-c2cc3c4ccccc4n(-c4nc(-c5cccc6ccccc56)nc(-c5cccc6ccccc56)n4)c3cc21.CC1(C)c2ccccc2-c2cc3c4ccccc4n(-c4nc(-c5ccccc5)nc(-c5ccccc5)n4)c3cc21. The molecule has 0 saturated carbocycles. The van der Waals surface area contributed by atoms with Crippen LogP contribution in [0.1, 0.15) is 90.8 Å². The molecule has 0 bridgehead atoms. The highest BCUT2D eigenvalue weighted by Gasteiger charge is 2.40. The molecule has 0 amide bonds. The largest absolute Gasteiger partial charge is 0.289 e. The van der Waals surface area contributed by atoms with E-state index in [9.17, 15) is 4.79 Å². The third-order valence-electron chi connectivity index (χ3n) is 28.2. The van der Waals surface area contributed by atoms with Crippen molar-refractivity contribution in [1.29, 1.82) is 0 Å². The Balaban J connectivity index is 0.000000109. The van der Waals surface area contributed by atoms with E-state index in [-0.39, 0.29) is 22.0 Å². The summed E-state index contributed by atoms with van der Waals surface area (Å²) in [6, 6.07) is 143. The van der Waals surface area contributed by atoms with Gasteiger partial charge in [0.1, 0.15) is 0 Å². The summed E-state index contributed by atoms with van der Waals surface area (Å²) >= 11 is 0. The summed E-state index contributed by atoms with van der Waals surface area (Å²) in [7, 11) is 0. The molecule has 644 valence electrons. The van der Waals surface area contributed by atoms with Gasteiger partial charge in [0.05, 0.1) is 33.1 Å². The molecule has 0 N–H and O–H groups in total. The Morgan fingerprint density at radius 1 is 0.191 bits per heavy atom. The zero-order valence-corrected chi connectivity index (χ0v) is 75.5. The molecule has 6 aromatic heterocycles. The van der Waals surface area contributed by atoms with Gasteiger partial charge in [0.2, 0.25) is 17.8 Å². The van der Waals surface area contributed by atoms with Crippen LogP contribution in [-0.4, -0.2) is 64.3 Å². The van der Waals surface area contributed by atoms with E-state index in [1.54, 1.807) is 0 Å². The summed E-state index contributed by atoms with van der Waals surface area (Å²) in [6.45, 7) is 13.9. The molecule has 18 aromatic carbocycles. The van der Waals surface area contributed by atoms with Gasteiger partial charge in [-0.1, -0.05) is 399 Å². The molecule has 0 aliphatic heterocycles. The molecule has 13 heteroatoms. The molecular weight excluding hydrogens is 1660 g/mol. The van der Waals surface area contributed by atoms with Gasteiger partial charge in [0.15, 0.2) is 40.7 Å². The van der Waals surface area contributed by atoms with Crippen molar-refractivity contribution in [1.82, 2.24) is 58.6 Å². The number of hydrogen-bond donors (Lipinski definition) is 0. The van der Waals surface area contributed by atoms with E-state index >= 15 is 0 Å². The van der Waals surface area contributed by atoms with Gasteiger partial charge in [0.25, 0.3) is 0 Å². The quantitative estimate of drug-likeness (QED) is 0.115. The van der Waals surface area contributed by atoms with Crippen LogP contribution in [0.25, 0.3) is 207 Å². The first-order valence-corrected chi connectivity index (χ1v) is 46.3. The highest BCUT2D eigenvalue weighted by atomic mass is 16.1. The van der Waals surface area contributed by atoms with Crippen LogP contribution in [-0.2, 0) is 16.2 Å². The maximum absolute atomic E-state index is 13.8. The highest BCUT2D eigenvalue weighted by molar-refractivity contribution is 6.17. The van der Waals surface area contributed by atoms with Crippen molar-refractivity contribution in [3.8, 4) is 120 Å². The number of ketones is 1. The second kappa shape index (κ2) is 31.7. The second-order valence-electron chi connectivity index (χ2n) is 37.1. The standard InChI is InChI=1S/C44H30N4.C43H30N4O.C36H26N4/c1-44(2)37-23-9-7-19-31(37)35-25-36-32-20-8-10-24-39(32)48(40(36)26-38(35)44)43-46-41(33-21-11-15-27-13-3-5-17-29(27)33)45-42(47-43)34-22-12-16-28-14-4-6-18-30(28)34;1-43(2)35-21-13-12-20-31(35)33-25-34-32-23-22-30(39(48)27-14-6-3-7-15-27)24-37(32)47(38(34)26-36(33)43)42-45-40(28-16-8-4-9-17-28)44-41(46-42)29-18-10-5-11-19-29;1-36(2)29-19-11-9-17-25(29)27-21-28-26-18-10-12-20-31(26)40(32(28)22-30(27)36)35-38-33(23-13-5-3-6-14-23)37-34(39-35)24-15-7-4-8-16-24/h2*3-26H,1-2H3;3-22H,1-2H3. The number of carbonyl (C=O) groups excluding carboxylic acids is 1. The Morgan fingerprint density at radius 3 is 0.838 bits per heavy atom. The molecule has 3 aliphatic carbocycles. The van der Waals surface area contributed by atoms with Crippen LogP contribution in [0.2, 0.25) is 0 Å². The summed E-state index contributed by atoms with van der Waals surface area (Å²) in [6.07, 6.45) is 0. The van der Waals surface area contributed by atoms with Gasteiger partial charge in [-0.25, -0.2) is 15.0 Å². The molecule has 0 saturated heterocycles. The van der Waals surface area contributed by atoms with Gasteiger partial charge >= 0.3 is 0 Å². The molecule has 0 atom stereocenters. The van der Waals surface area contributed by atoms with Crippen molar-refractivity contribution in [2.45, 2.75) is 57.8 Å². The van der Waals surface area contributed by atoms with Crippen LogP contribution in [0.4, 0.5) is 0 Å². The first-order chi connectivity index (χ1) is 66.6. The lowest BCUT2D eigenvalue weighted by molar-refractivity contribution is 0.103. The van der Waals surface area contributed by atoms with E-state index < -0.39 is 0 Å². The number of carbonyl (C=O) groups is 1. The first-order valence-electron chi connectivity index (χ1n) is 46.3. The zero-order valence-electron chi connectivity index (χ0n) is 75.5. The van der Waals surface area contributed by atoms with E-state index in [4.69, 9.17) is 44.9 Å². The summed E-state index contributed by atoms with van der Waals surface area (Å²) < 4.78 is 6.58. The van der Waals surface area contributed by atoms with E-state index in [0.29, 0.717) is 63.9 Å². The average molecular weight is 1750 g/mol. The van der Waals surface area contributed by atoms with Gasteiger partial charge in [-0.15, -0.1) is 0 Å². The van der Waals surface area contributed by atoms with Crippen molar-refractivity contribution in [2.24, 2.45) is 0 Å². The van der Waals surface area contributed by atoms with Crippen molar-refractivity contribution in [3.63, 3.8) is 0 Å². The predicted molar refractivity (Wildman–Crippen MR) is 553 cm³/mol. The molecule has 0 unspecified atom stereocenters. The fraction of sp³-hybridized carbons (Fsp3) is 0.0732. The van der Waals surface area contributed by atoms with Crippen LogP contribution in [0, 0.1) is 0 Å². The van der Waals surface area contributed by atoms with Gasteiger partial charge in [-0.05, 0) is 143 Å². The smallest absolute Gasteiger partial charge is 0.238 e. The molecular formula is C123H86N12O. The Bertz CT molecular complexity index is 8810. The highest BCUT2D eigenvalue weighted by Crippen LogP contribution is 2.55. The van der Waals surface area contributed by atoms with Crippen molar-refractivity contribution in [2.75, 3.05) is 0 Å². The Morgan fingerprint density at radius 2 is 0.463 bits per heavy atom. The predicted octanol–water partition coefficient (Wildman–Crippen LogP) is 29.4. The molecule has 27 rings (SSSR count). The molecule has 3 aliphatic rings. The van der Waals surface area contributed by atoms with E-state index in [2.05, 4.69) is 304 Å². The van der Waals surface area contributed by atoms with Gasteiger partial charge < -0.3 is 0 Å². The Hall–Kier alpha value is -17.4. The molecule has 136 heavy (non-hydrogen) atoms. The number of aromatic nitrogens is 12. The first kappa shape index (κ1) is 80.6. The molecule has 24 aromatic rings. The van der Waals surface area contributed by atoms with E-state index in [0.717, 1.165) is 98.8 Å². The normalized spacial score (nSPS) is 13.3. The van der Waals surface area contributed by atoms with Crippen LogP contribution in [0.5, 0.6) is 0 Å². The minimum atomic E-state index is -0.195. The number of hydrogen-bond acceptors (Lipinski definition) is 10. The fourth-order valence-corrected chi connectivity index (χ4v) is 21.4. The fourth-order valence-electron chi connectivity index (χ4n) is 21.4. The summed E-state index contributed by atoms with van der Waals surface area (Å²) in [5.74, 6) is 5.48. The van der Waals surface area contributed by atoms with Crippen LogP contribution in [0.3, 0.4) is 0 Å². The monoisotopic (exact) mass is 1750 g/mol. The van der Waals surface area contributed by atoms with E-state index in [1.165, 1.54) is 88.3 Å². The van der Waals surface area contributed by atoms with Gasteiger partial charge in [0, 0.05) is 93.1 Å². The van der Waals surface area contributed by atoms with Gasteiger partial charge in [-0.2, -0.15) is 29.9 Å². The minimum absolute atomic E-state index is 0.0301. The third kappa shape index (κ3) is 13.1. The zero-order chi connectivity index (χ0) is 91.2. The maximum Gasteiger partial charge on any atom is 0.238 e. The van der Waals surface area contributed by atoms with Crippen LogP contribution in [0.15, 0.2) is 413 Å². The summed E-state index contributed by atoms with van der Waals surface area (Å²) in [5.41, 5.74) is 28.4. The van der Waals surface area contributed by atoms with Crippen LogP contribution < -0.4 is 0 Å². The number of fused-ring (bicyclic) bond motifs is 20. The van der Waals surface area contributed by atoms with Gasteiger partial charge in [-0.3, -0.25) is 18.5 Å². The number of para-hydroxylation sites is 2. The Labute approximate surface area is 785 Å². The second-order valence-corrected chi connectivity index (χ2v) is 37.1. The van der Waals surface area contributed by atoms with Crippen molar-refractivity contribution < 1.29 is 4.79 Å². The lowest BCUT2D eigenvalue weighted by atomic mass is 9.82. The number of benzene rings is 18. The lowest BCUT2D eigenvalue weighted by Crippen LogP contribution is -2.15. The minimum Gasteiger partial charge on any atom is -0.289 e. The Kier molecular flexibility index (Phi) is 18.8. The maximum atomic E-state index is 13.8. The number of nitrogens with zero attached hydrogens (tertiary/aromatic N) is 12. The van der Waals surface area contributed by atoms with E-state index in [1.807, 2.05) is 164 Å². The van der Waals surface area contributed by atoms with Crippen molar-refractivity contribution >= 4 is 92.7 Å². The third-order valence-corrected chi connectivity index (χ3v) is 28.2. The molecule has 0 spiro atoms.